The molecule has 1 aromatic carbocycles. The van der Waals surface area contributed by atoms with Gasteiger partial charge in [-0.2, -0.15) is 0 Å². The van der Waals surface area contributed by atoms with E-state index in [0.29, 0.717) is 6.54 Å². The fraction of sp³-hybridized carbons (Fsp3) is 0.682. The smallest absolute Gasteiger partial charge is 0.234 e. The summed E-state index contributed by atoms with van der Waals surface area (Å²) in [7, 11) is 0. The lowest BCUT2D eigenvalue weighted by Crippen LogP contribution is -2.52. The number of benzene rings is 1. The SMILES string of the molecule is Cc1ccc(C)c([C@@H](C)NC(=O)CN2CCN(C3CCCCC3)CC2)c1. The number of amides is 1. The molecule has 0 aromatic heterocycles. The van der Waals surface area contributed by atoms with Gasteiger partial charge >= 0.3 is 0 Å². The van der Waals surface area contributed by atoms with Crippen LogP contribution in [0.2, 0.25) is 0 Å². The molecular weight excluding hydrogens is 322 g/mol. The number of nitrogens with zero attached hydrogens (tertiary/aromatic N) is 2. The summed E-state index contributed by atoms with van der Waals surface area (Å²) in [5, 5.41) is 3.19. The van der Waals surface area contributed by atoms with E-state index in [1.165, 1.54) is 48.8 Å². The van der Waals surface area contributed by atoms with Crippen LogP contribution in [0.5, 0.6) is 0 Å². The maximum absolute atomic E-state index is 12.5. The van der Waals surface area contributed by atoms with E-state index < -0.39 is 0 Å². The first-order valence-electron chi connectivity index (χ1n) is 10.4. The highest BCUT2D eigenvalue weighted by Crippen LogP contribution is 2.23. The molecule has 144 valence electrons. The van der Waals surface area contributed by atoms with Crippen LogP contribution >= 0.6 is 0 Å². The molecule has 0 unspecified atom stereocenters. The Bertz CT molecular complexity index is 601. The number of hydrogen-bond donors (Lipinski definition) is 1. The summed E-state index contributed by atoms with van der Waals surface area (Å²) in [4.78, 5) is 17.5. The van der Waals surface area contributed by atoms with E-state index in [4.69, 9.17) is 0 Å². The molecule has 1 amide bonds. The topological polar surface area (TPSA) is 35.6 Å². The number of aryl methyl sites for hydroxylation is 2. The average molecular weight is 358 g/mol. The summed E-state index contributed by atoms with van der Waals surface area (Å²) in [5.41, 5.74) is 3.70. The van der Waals surface area contributed by atoms with Gasteiger partial charge in [0.2, 0.25) is 5.91 Å². The van der Waals surface area contributed by atoms with Crippen LogP contribution < -0.4 is 5.32 Å². The van der Waals surface area contributed by atoms with Crippen LogP contribution in [-0.4, -0.2) is 54.5 Å². The second kappa shape index (κ2) is 9.01. The van der Waals surface area contributed by atoms with Crippen LogP contribution in [0.15, 0.2) is 18.2 Å². The Hall–Kier alpha value is -1.39. The summed E-state index contributed by atoms with van der Waals surface area (Å²) in [6.07, 6.45) is 6.93. The molecule has 0 bridgehead atoms. The summed E-state index contributed by atoms with van der Waals surface area (Å²) in [6.45, 7) is 11.1. The first-order chi connectivity index (χ1) is 12.5. The second-order valence-corrected chi connectivity index (χ2v) is 8.25. The second-order valence-electron chi connectivity index (χ2n) is 8.25. The Morgan fingerprint density at radius 3 is 2.50 bits per heavy atom. The molecule has 1 atom stereocenters. The van der Waals surface area contributed by atoms with Crippen LogP contribution in [-0.2, 0) is 4.79 Å². The molecule has 3 rings (SSSR count). The van der Waals surface area contributed by atoms with Crippen molar-refractivity contribution in [3.05, 3.63) is 34.9 Å². The van der Waals surface area contributed by atoms with Gasteiger partial charge in [-0.1, -0.05) is 43.0 Å². The van der Waals surface area contributed by atoms with Crippen molar-refractivity contribution in [3.63, 3.8) is 0 Å². The normalized spacial score (nSPS) is 21.5. The summed E-state index contributed by atoms with van der Waals surface area (Å²) in [5.74, 6) is 0.143. The predicted molar refractivity (Wildman–Crippen MR) is 107 cm³/mol. The molecule has 1 saturated heterocycles. The quantitative estimate of drug-likeness (QED) is 0.877. The zero-order valence-electron chi connectivity index (χ0n) is 16.8. The Morgan fingerprint density at radius 1 is 1.12 bits per heavy atom. The summed E-state index contributed by atoms with van der Waals surface area (Å²) in [6, 6.07) is 7.30. The third-order valence-electron chi connectivity index (χ3n) is 6.14. The maximum atomic E-state index is 12.5. The molecular formula is C22H35N3O. The molecule has 1 aromatic rings. The van der Waals surface area contributed by atoms with E-state index in [1.54, 1.807) is 0 Å². The van der Waals surface area contributed by atoms with Crippen molar-refractivity contribution >= 4 is 5.91 Å². The number of carbonyl (C=O) groups is 1. The van der Waals surface area contributed by atoms with Crippen molar-refractivity contribution in [1.29, 1.82) is 0 Å². The van der Waals surface area contributed by atoms with Crippen molar-refractivity contribution in [2.45, 2.75) is 65.0 Å². The molecule has 1 aliphatic carbocycles. The summed E-state index contributed by atoms with van der Waals surface area (Å²) < 4.78 is 0. The molecule has 1 N–H and O–H groups in total. The largest absolute Gasteiger partial charge is 0.348 e. The van der Waals surface area contributed by atoms with Gasteiger partial charge in [0, 0.05) is 32.2 Å². The molecule has 2 aliphatic rings. The number of nitrogens with one attached hydrogen (secondary N) is 1. The van der Waals surface area contributed by atoms with Crippen molar-refractivity contribution in [1.82, 2.24) is 15.1 Å². The predicted octanol–water partition coefficient (Wildman–Crippen LogP) is 3.43. The van der Waals surface area contributed by atoms with Gasteiger partial charge in [-0.15, -0.1) is 0 Å². The minimum atomic E-state index is 0.0610. The fourth-order valence-corrected chi connectivity index (χ4v) is 4.53. The van der Waals surface area contributed by atoms with Gasteiger partial charge in [0.15, 0.2) is 0 Å². The van der Waals surface area contributed by atoms with Crippen LogP contribution in [0.25, 0.3) is 0 Å². The Morgan fingerprint density at radius 2 is 1.81 bits per heavy atom. The van der Waals surface area contributed by atoms with E-state index >= 15 is 0 Å². The van der Waals surface area contributed by atoms with Crippen LogP contribution in [0.4, 0.5) is 0 Å². The zero-order valence-corrected chi connectivity index (χ0v) is 16.8. The number of hydrogen-bond acceptors (Lipinski definition) is 3. The van der Waals surface area contributed by atoms with Crippen molar-refractivity contribution in [3.8, 4) is 0 Å². The number of carbonyl (C=O) groups excluding carboxylic acids is 1. The molecule has 26 heavy (non-hydrogen) atoms. The zero-order chi connectivity index (χ0) is 18.5. The number of piperazine rings is 1. The first kappa shape index (κ1) is 19.4. The maximum Gasteiger partial charge on any atom is 0.234 e. The van der Waals surface area contributed by atoms with Gasteiger partial charge in [0.1, 0.15) is 0 Å². The number of rotatable bonds is 5. The van der Waals surface area contributed by atoms with E-state index in [0.717, 1.165) is 32.2 Å². The van der Waals surface area contributed by atoms with E-state index in [1.807, 2.05) is 0 Å². The van der Waals surface area contributed by atoms with Crippen molar-refractivity contribution in [2.24, 2.45) is 0 Å². The Kier molecular flexibility index (Phi) is 6.71. The van der Waals surface area contributed by atoms with Gasteiger partial charge in [0.25, 0.3) is 0 Å². The average Bonchev–Trinajstić information content (AvgIpc) is 2.65. The van der Waals surface area contributed by atoms with Crippen LogP contribution in [0.3, 0.4) is 0 Å². The van der Waals surface area contributed by atoms with E-state index in [9.17, 15) is 4.79 Å². The highest BCUT2D eigenvalue weighted by molar-refractivity contribution is 5.78. The van der Waals surface area contributed by atoms with Gasteiger partial charge in [-0.3, -0.25) is 14.6 Å². The third kappa shape index (κ3) is 5.08. The highest BCUT2D eigenvalue weighted by Gasteiger charge is 2.26. The molecule has 1 saturated carbocycles. The minimum absolute atomic E-state index is 0.0610. The lowest BCUT2D eigenvalue weighted by Gasteiger charge is -2.40. The lowest BCUT2D eigenvalue weighted by molar-refractivity contribution is -0.123. The van der Waals surface area contributed by atoms with Gasteiger partial charge in [0.05, 0.1) is 12.6 Å². The standard InChI is InChI=1S/C22H35N3O/c1-17-9-10-18(2)21(15-17)19(3)23-22(26)16-24-11-13-25(14-12-24)20-7-5-4-6-8-20/h9-10,15,19-20H,4-8,11-14,16H2,1-3H3,(H,23,26)/t19-/m1/s1. The van der Waals surface area contributed by atoms with E-state index in [-0.39, 0.29) is 11.9 Å². The van der Waals surface area contributed by atoms with Crippen molar-refractivity contribution in [2.75, 3.05) is 32.7 Å². The van der Waals surface area contributed by atoms with E-state index in [2.05, 4.69) is 54.1 Å². The molecule has 4 nitrogen and oxygen atoms in total. The van der Waals surface area contributed by atoms with Crippen molar-refractivity contribution < 1.29 is 4.79 Å². The molecule has 4 heteroatoms. The molecule has 2 fully saturated rings. The first-order valence-corrected chi connectivity index (χ1v) is 10.4. The van der Waals surface area contributed by atoms with Crippen LogP contribution in [0.1, 0.15) is 61.8 Å². The molecule has 0 radical (unpaired) electrons. The van der Waals surface area contributed by atoms with Gasteiger partial charge in [-0.25, -0.2) is 0 Å². The Balaban J connectivity index is 1.44. The van der Waals surface area contributed by atoms with Gasteiger partial charge < -0.3 is 5.32 Å². The lowest BCUT2D eigenvalue weighted by atomic mass is 9.94. The van der Waals surface area contributed by atoms with Gasteiger partial charge in [-0.05, 0) is 44.7 Å². The minimum Gasteiger partial charge on any atom is -0.348 e. The summed E-state index contributed by atoms with van der Waals surface area (Å²) >= 11 is 0. The highest BCUT2D eigenvalue weighted by atomic mass is 16.2. The third-order valence-corrected chi connectivity index (χ3v) is 6.14. The molecule has 1 heterocycles. The monoisotopic (exact) mass is 357 g/mol. The molecule has 1 aliphatic heterocycles. The Labute approximate surface area is 158 Å². The van der Waals surface area contributed by atoms with Crippen LogP contribution in [0, 0.1) is 13.8 Å². The fourth-order valence-electron chi connectivity index (χ4n) is 4.53. The molecule has 0 spiro atoms.